The second kappa shape index (κ2) is 12.4. The highest BCUT2D eigenvalue weighted by Gasteiger charge is 2.41. The molecule has 1 unspecified atom stereocenters. The lowest BCUT2D eigenvalue weighted by Crippen LogP contribution is -2.52. The van der Waals surface area contributed by atoms with Crippen LogP contribution < -0.4 is 15.5 Å². The minimum Gasteiger partial charge on any atom is -0.368 e. The number of carbonyl (C=O) groups is 3. The van der Waals surface area contributed by atoms with Crippen molar-refractivity contribution in [2.75, 3.05) is 18.0 Å². The van der Waals surface area contributed by atoms with Crippen molar-refractivity contribution in [2.24, 2.45) is 0 Å². The van der Waals surface area contributed by atoms with E-state index >= 15 is 0 Å². The third-order valence-corrected chi connectivity index (χ3v) is 7.96. The van der Waals surface area contributed by atoms with Crippen LogP contribution in [0.25, 0.3) is 0 Å². The summed E-state index contributed by atoms with van der Waals surface area (Å²) in [5.74, 6) is -1.25. The largest absolute Gasteiger partial charge is 0.390 e. The van der Waals surface area contributed by atoms with Crippen LogP contribution in [0.5, 0.6) is 0 Å². The maximum atomic E-state index is 13.3. The van der Waals surface area contributed by atoms with Crippen LogP contribution in [0, 0.1) is 0 Å². The molecule has 4 rings (SSSR count). The van der Waals surface area contributed by atoms with Crippen LogP contribution in [0.3, 0.4) is 0 Å². The summed E-state index contributed by atoms with van der Waals surface area (Å²) in [5, 5.41) is 5.24. The number of nitrogens with one attached hydrogen (secondary N) is 2. The maximum absolute atomic E-state index is 13.3. The Balaban J connectivity index is 1.49. The van der Waals surface area contributed by atoms with Gasteiger partial charge in [-0.05, 0) is 57.1 Å². The molecule has 1 atom stereocenters. The van der Waals surface area contributed by atoms with Crippen LogP contribution in [0.2, 0.25) is 0 Å². The van der Waals surface area contributed by atoms with E-state index in [2.05, 4.69) is 10.6 Å². The molecular formula is C27H34F6N4O3. The molecule has 3 aliphatic rings. The quantitative estimate of drug-likeness (QED) is 0.237. The zero-order valence-corrected chi connectivity index (χ0v) is 22.0. The van der Waals surface area contributed by atoms with Gasteiger partial charge < -0.3 is 15.1 Å². The molecular weight excluding hydrogens is 542 g/mol. The second-order valence-electron chi connectivity index (χ2n) is 10.8. The number of imide groups is 1. The third kappa shape index (κ3) is 7.67. The number of hydrogen-bond donors (Lipinski definition) is 2. The Morgan fingerprint density at radius 1 is 0.925 bits per heavy atom. The van der Waals surface area contributed by atoms with E-state index in [1.54, 1.807) is 12.1 Å². The molecule has 1 aromatic carbocycles. The average molecular weight is 577 g/mol. The van der Waals surface area contributed by atoms with E-state index in [1.807, 2.05) is 11.0 Å². The van der Waals surface area contributed by atoms with Crippen molar-refractivity contribution < 1.29 is 40.7 Å². The minimum absolute atomic E-state index is 0.0509. The lowest BCUT2D eigenvalue weighted by molar-refractivity contribution is -0.137. The van der Waals surface area contributed by atoms with Gasteiger partial charge >= 0.3 is 12.4 Å². The summed E-state index contributed by atoms with van der Waals surface area (Å²) in [6.07, 6.45) is -7.22. The number of fused-ring (bicyclic) bond motifs is 1. The van der Waals surface area contributed by atoms with Crippen LogP contribution in [0.4, 0.5) is 32.0 Å². The number of alkyl halides is 6. The van der Waals surface area contributed by atoms with Gasteiger partial charge in [-0.3, -0.25) is 19.7 Å². The molecule has 2 fully saturated rings. The third-order valence-electron chi connectivity index (χ3n) is 7.96. The number of amides is 3. The summed E-state index contributed by atoms with van der Waals surface area (Å²) in [5.41, 5.74) is 1.84. The lowest BCUT2D eigenvalue weighted by Gasteiger charge is -2.40. The van der Waals surface area contributed by atoms with Crippen molar-refractivity contribution in [3.63, 3.8) is 0 Å². The summed E-state index contributed by atoms with van der Waals surface area (Å²) in [6, 6.07) is 4.29. The molecule has 0 spiro atoms. The number of unbranched alkanes of at least 4 members (excludes halogenated alkanes) is 1. The number of hydrogen-bond acceptors (Lipinski definition) is 5. The zero-order valence-electron chi connectivity index (χ0n) is 22.0. The molecule has 2 heterocycles. The molecule has 2 aliphatic heterocycles. The second-order valence-corrected chi connectivity index (χ2v) is 10.8. The number of benzene rings is 1. The lowest BCUT2D eigenvalue weighted by atomic mass is 9.89. The van der Waals surface area contributed by atoms with Crippen molar-refractivity contribution in [1.82, 2.24) is 15.5 Å². The Kier molecular flexibility index (Phi) is 9.31. The summed E-state index contributed by atoms with van der Waals surface area (Å²) in [6.45, 7) is 0.310. The summed E-state index contributed by atoms with van der Waals surface area (Å²) < 4.78 is 75.9. The average Bonchev–Trinajstić information content (AvgIpc) is 3.20. The SMILES string of the molecule is O=C1CCC(N2Cc3c(cccc3N(CCCCC(F)(F)F)C3CCC(NCCC(F)(F)F)CC3)C2=O)C(=O)N1. The molecule has 0 aromatic heterocycles. The van der Waals surface area contributed by atoms with E-state index in [4.69, 9.17) is 0 Å². The molecule has 13 heteroatoms. The van der Waals surface area contributed by atoms with Crippen molar-refractivity contribution in [2.45, 2.75) is 101 Å². The Hall–Kier alpha value is -2.83. The highest BCUT2D eigenvalue weighted by molar-refractivity contribution is 6.06. The first-order chi connectivity index (χ1) is 18.8. The van der Waals surface area contributed by atoms with E-state index in [-0.39, 0.29) is 62.7 Å². The van der Waals surface area contributed by atoms with Crippen LogP contribution in [0.1, 0.15) is 80.1 Å². The van der Waals surface area contributed by atoms with E-state index in [1.165, 1.54) is 4.90 Å². The maximum Gasteiger partial charge on any atom is 0.390 e. The van der Waals surface area contributed by atoms with Crippen molar-refractivity contribution in [3.8, 4) is 0 Å². The van der Waals surface area contributed by atoms with Gasteiger partial charge in [-0.2, -0.15) is 26.3 Å². The first kappa shape index (κ1) is 30.1. The van der Waals surface area contributed by atoms with Gasteiger partial charge in [0.05, 0.1) is 6.42 Å². The minimum atomic E-state index is -4.26. The topological polar surface area (TPSA) is 81.8 Å². The number of halogens is 6. The van der Waals surface area contributed by atoms with Crippen LogP contribution in [-0.4, -0.2) is 66.2 Å². The van der Waals surface area contributed by atoms with Gasteiger partial charge in [0.25, 0.3) is 5.91 Å². The van der Waals surface area contributed by atoms with Gasteiger partial charge in [0.15, 0.2) is 0 Å². The Morgan fingerprint density at radius 2 is 1.62 bits per heavy atom. The first-order valence-electron chi connectivity index (χ1n) is 13.7. The van der Waals surface area contributed by atoms with Crippen LogP contribution in [0.15, 0.2) is 18.2 Å². The van der Waals surface area contributed by atoms with Crippen molar-refractivity contribution >= 4 is 23.4 Å². The molecule has 1 aliphatic carbocycles. The number of rotatable bonds is 10. The van der Waals surface area contributed by atoms with Gasteiger partial charge in [0.2, 0.25) is 11.8 Å². The molecule has 0 bridgehead atoms. The van der Waals surface area contributed by atoms with Gasteiger partial charge in [0.1, 0.15) is 6.04 Å². The summed E-state index contributed by atoms with van der Waals surface area (Å²) in [7, 11) is 0. The summed E-state index contributed by atoms with van der Waals surface area (Å²) in [4.78, 5) is 40.8. The number of nitrogens with zero attached hydrogens (tertiary/aromatic N) is 2. The Bertz CT molecular complexity index is 1090. The smallest absolute Gasteiger partial charge is 0.368 e. The fourth-order valence-corrected chi connectivity index (χ4v) is 5.96. The van der Waals surface area contributed by atoms with Crippen molar-refractivity contribution in [1.29, 1.82) is 0 Å². The zero-order chi connectivity index (χ0) is 29.1. The van der Waals surface area contributed by atoms with Gasteiger partial charge in [-0.25, -0.2) is 0 Å². The van der Waals surface area contributed by atoms with Gasteiger partial charge in [-0.1, -0.05) is 6.07 Å². The number of piperidine rings is 1. The normalized spacial score (nSPS) is 23.8. The fourth-order valence-electron chi connectivity index (χ4n) is 5.96. The molecule has 0 radical (unpaired) electrons. The Morgan fingerprint density at radius 3 is 2.27 bits per heavy atom. The Labute approximate surface area is 228 Å². The monoisotopic (exact) mass is 576 g/mol. The summed E-state index contributed by atoms with van der Waals surface area (Å²) >= 11 is 0. The molecule has 222 valence electrons. The van der Waals surface area contributed by atoms with Crippen LogP contribution >= 0.6 is 0 Å². The van der Waals surface area contributed by atoms with E-state index in [0.29, 0.717) is 43.4 Å². The molecule has 7 nitrogen and oxygen atoms in total. The van der Waals surface area contributed by atoms with Crippen LogP contribution in [-0.2, 0) is 16.1 Å². The van der Waals surface area contributed by atoms with E-state index < -0.39 is 37.1 Å². The van der Waals surface area contributed by atoms with E-state index in [0.717, 1.165) is 5.69 Å². The van der Waals surface area contributed by atoms with Gasteiger partial charge in [0, 0.05) is 61.4 Å². The fraction of sp³-hybridized carbons (Fsp3) is 0.667. The first-order valence-corrected chi connectivity index (χ1v) is 13.7. The molecule has 40 heavy (non-hydrogen) atoms. The predicted molar refractivity (Wildman–Crippen MR) is 134 cm³/mol. The molecule has 2 N–H and O–H groups in total. The number of anilines is 1. The predicted octanol–water partition coefficient (Wildman–Crippen LogP) is 4.84. The standard InChI is InChI=1S/C27H34F6N4O3/c28-26(29,30)12-1-2-15-36(18-8-6-17(7-9-18)34-14-13-27(31,32)33)21-5-3-4-19-20(21)16-37(25(19)40)22-10-11-23(38)35-24(22)39/h3-5,17-18,22,34H,1-2,6-16H2,(H,35,38,39). The van der Waals surface area contributed by atoms with E-state index in [9.17, 15) is 40.7 Å². The number of carbonyl (C=O) groups excluding carboxylic acids is 3. The molecule has 1 saturated heterocycles. The van der Waals surface area contributed by atoms with Crippen molar-refractivity contribution in [3.05, 3.63) is 29.3 Å². The molecule has 1 saturated carbocycles. The highest BCUT2D eigenvalue weighted by Crippen LogP contribution is 2.37. The highest BCUT2D eigenvalue weighted by atomic mass is 19.4. The van der Waals surface area contributed by atoms with Gasteiger partial charge in [-0.15, -0.1) is 0 Å². The molecule has 3 amide bonds. The molecule has 1 aromatic rings.